The molecule has 0 aliphatic carbocycles. The molecule has 0 aromatic rings. The van der Waals surface area contributed by atoms with Gasteiger partial charge in [-0.15, -0.1) is 4.58 Å². The molecule has 0 saturated carbocycles. The van der Waals surface area contributed by atoms with Crippen LogP contribution in [0.3, 0.4) is 0 Å². The van der Waals surface area contributed by atoms with E-state index in [-0.39, 0.29) is 6.42 Å². The average Bonchev–Trinajstić information content (AvgIpc) is 2.02. The van der Waals surface area contributed by atoms with Crippen molar-refractivity contribution >= 4 is 18.8 Å². The summed E-state index contributed by atoms with van der Waals surface area (Å²) >= 11 is 0. The van der Waals surface area contributed by atoms with Crippen LogP contribution in [0, 0.1) is 0 Å². The lowest BCUT2D eigenvalue weighted by Gasteiger charge is -1.95. The quantitative estimate of drug-likeness (QED) is 0.492. The molecule has 0 aliphatic heterocycles. The Labute approximate surface area is 70.3 Å². The Morgan fingerprint density at radius 3 is 2.58 bits per heavy atom. The molecule has 12 heavy (non-hydrogen) atoms. The highest BCUT2D eigenvalue weighted by atomic mass is 16.5. The van der Waals surface area contributed by atoms with Crippen molar-refractivity contribution in [1.29, 1.82) is 0 Å². The van der Waals surface area contributed by atoms with Gasteiger partial charge in [-0.25, -0.2) is 0 Å². The number of carbonyl (C=O) groups is 2. The highest BCUT2D eigenvalue weighted by Gasteiger charge is 2.14. The minimum Gasteiger partial charge on any atom is -0.481 e. The number of ether oxygens (including phenoxy) is 1. The maximum Gasteiger partial charge on any atom is 0.595 e. The first-order valence-corrected chi connectivity index (χ1v) is 3.45. The van der Waals surface area contributed by atoms with Gasteiger partial charge < -0.3 is 9.84 Å². The zero-order valence-electron chi connectivity index (χ0n) is 6.95. The zero-order valence-corrected chi connectivity index (χ0v) is 6.95. The topological polar surface area (TPSA) is 66.6 Å². The van der Waals surface area contributed by atoms with Crippen LogP contribution in [0.25, 0.3) is 0 Å². The summed E-state index contributed by atoms with van der Waals surface area (Å²) in [6, 6.07) is 0. The summed E-state index contributed by atoms with van der Waals surface area (Å²) in [6.07, 6.45) is -0.142. The molecule has 68 valence electrons. The third-order valence-electron chi connectivity index (χ3n) is 1.25. The Morgan fingerprint density at radius 1 is 1.58 bits per heavy atom. The molecule has 0 atom stereocenters. The first kappa shape index (κ1) is 10.6. The van der Waals surface area contributed by atoms with Crippen LogP contribution >= 0.6 is 0 Å². The first-order chi connectivity index (χ1) is 5.57. The molecule has 0 radical (unpaired) electrons. The van der Waals surface area contributed by atoms with Gasteiger partial charge in [-0.1, -0.05) is 0 Å². The monoisotopic (exact) mass is 174 g/mol. The first-order valence-electron chi connectivity index (χ1n) is 3.45. The van der Waals surface area contributed by atoms with Gasteiger partial charge >= 0.3 is 12.1 Å². The fourth-order valence-corrected chi connectivity index (χ4v) is 0.642. The van der Waals surface area contributed by atoms with E-state index in [9.17, 15) is 9.59 Å². The molecular formula is C7H12NO4+. The van der Waals surface area contributed by atoms with Crippen molar-refractivity contribution in [1.82, 2.24) is 0 Å². The molecular weight excluding hydrogens is 162 g/mol. The maximum atomic E-state index is 10.7. The van der Waals surface area contributed by atoms with E-state index in [0.717, 1.165) is 4.58 Å². The summed E-state index contributed by atoms with van der Waals surface area (Å²) < 4.78 is 5.43. The fraction of sp³-hybridized carbons (Fsp3) is 0.571. The molecule has 0 fully saturated rings. The Kier molecular flexibility index (Phi) is 4.67. The minimum absolute atomic E-state index is 0.0308. The lowest BCUT2D eigenvalue weighted by atomic mass is 10.3. The molecule has 0 spiro atoms. The van der Waals surface area contributed by atoms with Crippen molar-refractivity contribution in [2.75, 3.05) is 13.7 Å². The number of methoxy groups -OCH3 is 1. The lowest BCUT2D eigenvalue weighted by Crippen LogP contribution is -2.20. The van der Waals surface area contributed by atoms with Crippen LogP contribution in [0.5, 0.6) is 0 Å². The van der Waals surface area contributed by atoms with E-state index in [4.69, 9.17) is 5.11 Å². The number of rotatable bonds is 4. The van der Waals surface area contributed by atoms with Gasteiger partial charge in [-0.3, -0.25) is 4.79 Å². The third-order valence-corrected chi connectivity index (χ3v) is 1.25. The van der Waals surface area contributed by atoms with Crippen LogP contribution < -0.4 is 0 Å². The smallest absolute Gasteiger partial charge is 0.481 e. The summed E-state index contributed by atoms with van der Waals surface area (Å²) in [5, 5.41) is 8.27. The third kappa shape index (κ3) is 4.43. The molecule has 0 aromatic heterocycles. The number of carboxylic acid groups (broad SMARTS) is 1. The molecule has 0 unspecified atom stereocenters. The normalized spacial score (nSPS) is 9.08. The number of aliphatic carboxylic acids is 1. The highest BCUT2D eigenvalue weighted by molar-refractivity contribution is 5.66. The van der Waals surface area contributed by atoms with Crippen LogP contribution in [-0.4, -0.2) is 42.1 Å². The summed E-state index contributed by atoms with van der Waals surface area (Å²) in [7, 11) is 1.25. The van der Waals surface area contributed by atoms with Gasteiger partial charge in [0.25, 0.3) is 0 Å². The predicted molar refractivity (Wildman–Crippen MR) is 41.5 cm³/mol. The van der Waals surface area contributed by atoms with Crippen molar-refractivity contribution in [3.63, 3.8) is 0 Å². The Morgan fingerprint density at radius 2 is 2.17 bits per heavy atom. The number of carboxylic acids is 1. The van der Waals surface area contributed by atoms with Gasteiger partial charge in [0.15, 0.2) is 6.54 Å². The Bertz CT molecular complexity index is 200. The summed E-state index contributed by atoms with van der Waals surface area (Å²) in [4.78, 5) is 20.7. The molecule has 1 N–H and O–H groups in total. The number of carbonyl (C=O) groups excluding carboxylic acids is 1. The van der Waals surface area contributed by atoms with Crippen LogP contribution in [-0.2, 0) is 9.53 Å². The standard InChI is InChI=1S/C7H11NO4/c1-8(7(11)12-2)5-3-4-6(9)10/h1,3-5H2,2H3/p+1. The second-order valence-electron chi connectivity index (χ2n) is 2.23. The minimum atomic E-state index is -0.881. The van der Waals surface area contributed by atoms with E-state index >= 15 is 0 Å². The van der Waals surface area contributed by atoms with Crippen molar-refractivity contribution in [3.05, 3.63) is 0 Å². The molecule has 5 nitrogen and oxygen atoms in total. The van der Waals surface area contributed by atoms with Crippen LogP contribution in [0.1, 0.15) is 12.8 Å². The van der Waals surface area contributed by atoms with Gasteiger partial charge in [-0.05, 0) is 0 Å². The molecule has 0 rings (SSSR count). The highest BCUT2D eigenvalue weighted by Crippen LogP contribution is 1.90. The number of amides is 1. The molecule has 5 heteroatoms. The van der Waals surface area contributed by atoms with E-state index in [0.29, 0.717) is 13.0 Å². The molecule has 0 saturated heterocycles. The molecule has 0 aliphatic rings. The van der Waals surface area contributed by atoms with Gasteiger partial charge in [0.2, 0.25) is 0 Å². The van der Waals surface area contributed by atoms with Crippen LogP contribution in [0.2, 0.25) is 0 Å². The summed E-state index contributed by atoms with van der Waals surface area (Å²) in [5.41, 5.74) is 0. The van der Waals surface area contributed by atoms with Crippen molar-refractivity contribution in [3.8, 4) is 0 Å². The Hall–Kier alpha value is -1.39. The van der Waals surface area contributed by atoms with Crippen LogP contribution in [0.15, 0.2) is 0 Å². The van der Waals surface area contributed by atoms with Gasteiger partial charge in [-0.2, -0.15) is 4.79 Å². The second-order valence-corrected chi connectivity index (χ2v) is 2.23. The zero-order chi connectivity index (χ0) is 9.56. The van der Waals surface area contributed by atoms with Gasteiger partial charge in [0.1, 0.15) is 6.72 Å². The molecule has 1 amide bonds. The van der Waals surface area contributed by atoms with Gasteiger partial charge in [0.05, 0.1) is 13.5 Å². The van der Waals surface area contributed by atoms with E-state index < -0.39 is 12.1 Å². The van der Waals surface area contributed by atoms with Crippen LogP contribution in [0.4, 0.5) is 4.79 Å². The van der Waals surface area contributed by atoms with E-state index in [1.165, 1.54) is 7.11 Å². The van der Waals surface area contributed by atoms with Gasteiger partial charge in [0, 0.05) is 6.42 Å². The van der Waals surface area contributed by atoms with Crippen molar-refractivity contribution < 1.29 is 24.0 Å². The predicted octanol–water partition coefficient (Wildman–Crippen LogP) is 0.331. The second kappa shape index (κ2) is 5.29. The van der Waals surface area contributed by atoms with E-state index in [1.807, 2.05) is 0 Å². The van der Waals surface area contributed by atoms with E-state index in [2.05, 4.69) is 11.5 Å². The summed E-state index contributed by atoms with van der Waals surface area (Å²) in [5.74, 6) is -0.881. The number of hydrogen-bond acceptors (Lipinski definition) is 3. The summed E-state index contributed by atoms with van der Waals surface area (Å²) in [6.45, 7) is 3.66. The average molecular weight is 174 g/mol. The lowest BCUT2D eigenvalue weighted by molar-refractivity contribution is -0.437. The number of hydrogen-bond donors (Lipinski definition) is 1. The fourth-order valence-electron chi connectivity index (χ4n) is 0.642. The Balaban J connectivity index is 3.58. The van der Waals surface area contributed by atoms with E-state index in [1.54, 1.807) is 0 Å². The molecule has 0 aromatic carbocycles. The molecule has 0 bridgehead atoms. The number of nitrogens with zero attached hydrogens (tertiary/aromatic N) is 1. The van der Waals surface area contributed by atoms with Crippen molar-refractivity contribution in [2.45, 2.75) is 12.8 Å². The largest absolute Gasteiger partial charge is 0.595 e. The molecule has 0 heterocycles. The maximum absolute atomic E-state index is 10.7. The van der Waals surface area contributed by atoms with Crippen molar-refractivity contribution in [2.24, 2.45) is 0 Å². The SMILES string of the molecule is C=[N+](CCCC(=O)O)C(=O)OC.